The number of aromatic nitrogens is 3. The van der Waals surface area contributed by atoms with E-state index in [1.807, 2.05) is 25.1 Å². The van der Waals surface area contributed by atoms with Crippen LogP contribution in [0.4, 0.5) is 0 Å². The van der Waals surface area contributed by atoms with E-state index in [1.54, 1.807) is 0 Å². The Balaban J connectivity index is 2.23. The maximum Gasteiger partial charge on any atom is 0.230 e. The molecule has 1 heterocycles. The average Bonchev–Trinajstić information content (AvgIpc) is 3.02. The smallest absolute Gasteiger partial charge is 0.230 e. The highest BCUT2D eigenvalue weighted by atomic mass is 32.2. The molecule has 0 aliphatic heterocycles. The molecule has 0 fully saturated rings. The molecule has 0 aliphatic rings. The molecule has 26 heavy (non-hydrogen) atoms. The van der Waals surface area contributed by atoms with Crippen molar-refractivity contribution in [1.29, 1.82) is 0 Å². The van der Waals surface area contributed by atoms with Crippen molar-refractivity contribution in [2.45, 2.75) is 44.4 Å². The van der Waals surface area contributed by atoms with Gasteiger partial charge < -0.3 is 9.88 Å². The predicted octanol–water partition coefficient (Wildman–Crippen LogP) is 2.96. The first-order valence-electron chi connectivity index (χ1n) is 9.09. The van der Waals surface area contributed by atoms with Crippen molar-refractivity contribution in [3.05, 3.63) is 41.7 Å². The fourth-order valence-corrected chi connectivity index (χ4v) is 3.57. The summed E-state index contributed by atoms with van der Waals surface area (Å²) in [6.07, 6.45) is 1.88. The van der Waals surface area contributed by atoms with E-state index in [0.717, 1.165) is 23.8 Å². The Bertz CT molecular complexity index is 686. The van der Waals surface area contributed by atoms with Crippen molar-refractivity contribution in [2.24, 2.45) is 0 Å². The molecule has 1 N–H and O–H groups in total. The number of hydrogen-bond acceptors (Lipinski definition) is 5. The van der Waals surface area contributed by atoms with E-state index in [1.165, 1.54) is 17.3 Å². The lowest BCUT2D eigenvalue weighted by Gasteiger charge is -2.23. The van der Waals surface area contributed by atoms with Crippen LogP contribution in [0.2, 0.25) is 0 Å². The van der Waals surface area contributed by atoms with Gasteiger partial charge in [0.2, 0.25) is 5.91 Å². The minimum atomic E-state index is 0.0345. The zero-order valence-corrected chi connectivity index (χ0v) is 16.9. The van der Waals surface area contributed by atoms with Crippen LogP contribution in [0.25, 0.3) is 0 Å². The molecule has 0 spiro atoms. The van der Waals surface area contributed by atoms with Crippen LogP contribution >= 0.6 is 11.8 Å². The van der Waals surface area contributed by atoms with Crippen molar-refractivity contribution in [1.82, 2.24) is 25.0 Å². The van der Waals surface area contributed by atoms with Gasteiger partial charge in [-0.1, -0.05) is 55.9 Å². The SMILES string of the molecule is CCCNC(=O)CSc1nnc([C@@H](CC)N(C)C)n1Cc1ccccc1. The molecule has 6 nitrogen and oxygen atoms in total. The minimum absolute atomic E-state index is 0.0345. The summed E-state index contributed by atoms with van der Waals surface area (Å²) in [6.45, 7) is 5.60. The Labute approximate surface area is 160 Å². The maximum atomic E-state index is 12.0. The van der Waals surface area contributed by atoms with Gasteiger partial charge in [0, 0.05) is 6.54 Å². The van der Waals surface area contributed by atoms with Gasteiger partial charge in [0.25, 0.3) is 0 Å². The Hall–Kier alpha value is -1.86. The highest BCUT2D eigenvalue weighted by molar-refractivity contribution is 7.99. The number of hydrogen-bond donors (Lipinski definition) is 1. The lowest BCUT2D eigenvalue weighted by atomic mass is 10.2. The number of carbonyl (C=O) groups is 1. The van der Waals surface area contributed by atoms with E-state index in [2.05, 4.69) is 58.1 Å². The van der Waals surface area contributed by atoms with Crippen LogP contribution < -0.4 is 5.32 Å². The van der Waals surface area contributed by atoms with Gasteiger partial charge in [-0.3, -0.25) is 9.69 Å². The zero-order chi connectivity index (χ0) is 18.9. The monoisotopic (exact) mass is 375 g/mol. The Morgan fingerprint density at radius 2 is 1.96 bits per heavy atom. The van der Waals surface area contributed by atoms with Gasteiger partial charge in [-0.25, -0.2) is 0 Å². The van der Waals surface area contributed by atoms with Gasteiger partial charge in [-0.15, -0.1) is 10.2 Å². The topological polar surface area (TPSA) is 63.1 Å². The van der Waals surface area contributed by atoms with Gasteiger partial charge in [0.15, 0.2) is 11.0 Å². The van der Waals surface area contributed by atoms with E-state index in [-0.39, 0.29) is 11.9 Å². The van der Waals surface area contributed by atoms with E-state index >= 15 is 0 Å². The van der Waals surface area contributed by atoms with Crippen molar-refractivity contribution in [3.8, 4) is 0 Å². The van der Waals surface area contributed by atoms with Gasteiger partial charge >= 0.3 is 0 Å². The molecular formula is C19H29N5OS. The Morgan fingerprint density at radius 3 is 2.58 bits per heavy atom. The lowest BCUT2D eigenvalue weighted by Crippen LogP contribution is -2.26. The quantitative estimate of drug-likeness (QED) is 0.647. The second-order valence-electron chi connectivity index (χ2n) is 6.44. The van der Waals surface area contributed by atoms with Crippen LogP contribution in [0.3, 0.4) is 0 Å². The summed E-state index contributed by atoms with van der Waals surface area (Å²) in [5.41, 5.74) is 1.19. The molecule has 0 aliphatic carbocycles. The summed E-state index contributed by atoms with van der Waals surface area (Å²) in [4.78, 5) is 14.1. The number of thioether (sulfide) groups is 1. The minimum Gasteiger partial charge on any atom is -0.355 e. The number of benzene rings is 1. The maximum absolute atomic E-state index is 12.0. The van der Waals surface area contributed by atoms with Crippen molar-refractivity contribution >= 4 is 17.7 Å². The van der Waals surface area contributed by atoms with Crippen LogP contribution in [0.1, 0.15) is 44.1 Å². The molecule has 7 heteroatoms. The summed E-state index contributed by atoms with van der Waals surface area (Å²) < 4.78 is 2.14. The van der Waals surface area contributed by atoms with Crippen molar-refractivity contribution < 1.29 is 4.79 Å². The van der Waals surface area contributed by atoms with Gasteiger partial charge in [0.05, 0.1) is 18.3 Å². The molecule has 1 amide bonds. The van der Waals surface area contributed by atoms with Crippen molar-refractivity contribution in [3.63, 3.8) is 0 Å². The predicted molar refractivity (Wildman–Crippen MR) is 106 cm³/mol. The van der Waals surface area contributed by atoms with Crippen LogP contribution in [-0.4, -0.2) is 52.0 Å². The van der Waals surface area contributed by atoms with Crippen LogP contribution in [-0.2, 0) is 11.3 Å². The summed E-state index contributed by atoms with van der Waals surface area (Å²) >= 11 is 1.44. The van der Waals surface area contributed by atoms with E-state index in [9.17, 15) is 4.79 Å². The molecule has 1 atom stereocenters. The highest BCUT2D eigenvalue weighted by Gasteiger charge is 2.22. The summed E-state index contributed by atoms with van der Waals surface area (Å²) in [5.74, 6) is 1.33. The number of nitrogens with zero attached hydrogens (tertiary/aromatic N) is 4. The lowest BCUT2D eigenvalue weighted by molar-refractivity contribution is -0.118. The number of carbonyl (C=O) groups excluding carboxylic acids is 1. The average molecular weight is 376 g/mol. The van der Waals surface area contributed by atoms with Gasteiger partial charge in [-0.2, -0.15) is 0 Å². The fourth-order valence-electron chi connectivity index (χ4n) is 2.79. The molecular weight excluding hydrogens is 346 g/mol. The molecule has 2 rings (SSSR count). The largest absolute Gasteiger partial charge is 0.355 e. The van der Waals surface area contributed by atoms with Gasteiger partial charge in [-0.05, 0) is 32.5 Å². The molecule has 2 aromatic rings. The molecule has 0 saturated heterocycles. The molecule has 0 unspecified atom stereocenters. The molecule has 0 radical (unpaired) electrons. The number of amides is 1. The van der Waals surface area contributed by atoms with E-state index in [4.69, 9.17) is 0 Å². The standard InChI is InChI=1S/C19H29N5OS/c1-5-12-20-17(25)14-26-19-22-21-18(16(6-2)23(3)4)24(19)13-15-10-8-7-9-11-15/h7-11,16H,5-6,12-14H2,1-4H3,(H,20,25)/t16-/m1/s1. The van der Waals surface area contributed by atoms with Crippen LogP contribution in [0.15, 0.2) is 35.5 Å². The van der Waals surface area contributed by atoms with Crippen LogP contribution in [0, 0.1) is 0 Å². The normalized spacial score (nSPS) is 12.3. The van der Waals surface area contributed by atoms with Crippen molar-refractivity contribution in [2.75, 3.05) is 26.4 Å². The van der Waals surface area contributed by atoms with E-state index < -0.39 is 0 Å². The first kappa shape index (κ1) is 20.5. The zero-order valence-electron chi connectivity index (χ0n) is 16.1. The summed E-state index contributed by atoms with van der Waals surface area (Å²) in [5, 5.41) is 12.5. The first-order chi connectivity index (χ1) is 12.6. The molecule has 142 valence electrons. The first-order valence-corrected chi connectivity index (χ1v) is 10.1. The third-order valence-electron chi connectivity index (χ3n) is 4.14. The molecule has 1 aromatic carbocycles. The third-order valence-corrected chi connectivity index (χ3v) is 5.11. The van der Waals surface area contributed by atoms with Crippen LogP contribution in [0.5, 0.6) is 0 Å². The Kier molecular flexibility index (Phi) is 8.12. The Morgan fingerprint density at radius 1 is 1.23 bits per heavy atom. The summed E-state index contributed by atoms with van der Waals surface area (Å²) in [7, 11) is 4.11. The second kappa shape index (κ2) is 10.3. The van der Waals surface area contributed by atoms with Gasteiger partial charge in [0.1, 0.15) is 0 Å². The number of nitrogens with one attached hydrogen (secondary N) is 1. The molecule has 1 aromatic heterocycles. The molecule has 0 bridgehead atoms. The third kappa shape index (κ3) is 5.57. The summed E-state index contributed by atoms with van der Waals surface area (Å²) in [6, 6.07) is 10.5. The second-order valence-corrected chi connectivity index (χ2v) is 7.38. The highest BCUT2D eigenvalue weighted by Crippen LogP contribution is 2.26. The molecule has 0 saturated carbocycles. The van der Waals surface area contributed by atoms with E-state index in [0.29, 0.717) is 18.8 Å². The fraction of sp³-hybridized carbons (Fsp3) is 0.526. The number of rotatable bonds is 10.